The third-order valence-electron chi connectivity index (χ3n) is 3.01. The quantitative estimate of drug-likeness (QED) is 0.656. The summed E-state index contributed by atoms with van der Waals surface area (Å²) in [6, 6.07) is 19.6. The Balaban J connectivity index is 2.32. The average molecular weight is 301 g/mol. The number of hydrogen-bond donors (Lipinski definition) is 0. The van der Waals surface area contributed by atoms with Gasteiger partial charge in [-0.1, -0.05) is 83.9 Å². The Morgan fingerprint density at radius 2 is 0.900 bits per heavy atom. The molecule has 2 aromatic carbocycles. The maximum absolute atomic E-state index is 6.25. The molecule has 3 aromatic rings. The number of hydrogen-bond acceptors (Lipinski definition) is 2. The lowest BCUT2D eigenvalue weighted by atomic mass is 9.98. The molecule has 0 aliphatic rings. The van der Waals surface area contributed by atoms with E-state index in [1.165, 1.54) is 0 Å². The van der Waals surface area contributed by atoms with Crippen LogP contribution in [0.5, 0.6) is 0 Å². The molecule has 0 N–H and O–H groups in total. The predicted octanol–water partition coefficient (Wildman–Crippen LogP) is 5.12. The van der Waals surface area contributed by atoms with Gasteiger partial charge in [-0.25, -0.2) is 0 Å². The Hall–Kier alpha value is -1.90. The zero-order valence-corrected chi connectivity index (χ0v) is 11.9. The van der Waals surface area contributed by atoms with Crippen molar-refractivity contribution in [2.75, 3.05) is 0 Å². The fraction of sp³-hybridized carbons (Fsp3) is 0. The van der Waals surface area contributed by atoms with Crippen LogP contribution in [0.3, 0.4) is 0 Å². The van der Waals surface area contributed by atoms with Crippen LogP contribution in [0.2, 0.25) is 10.3 Å². The summed E-state index contributed by atoms with van der Waals surface area (Å²) in [6.07, 6.45) is 0. The van der Waals surface area contributed by atoms with Crippen LogP contribution in [0.25, 0.3) is 22.3 Å². The summed E-state index contributed by atoms with van der Waals surface area (Å²) in [5.74, 6) is 0. The van der Waals surface area contributed by atoms with Gasteiger partial charge in [-0.15, -0.1) is 10.2 Å². The van der Waals surface area contributed by atoms with Crippen molar-refractivity contribution in [1.82, 2.24) is 10.2 Å². The van der Waals surface area contributed by atoms with E-state index in [-0.39, 0.29) is 0 Å². The van der Waals surface area contributed by atoms with Gasteiger partial charge in [0, 0.05) is 11.1 Å². The fourth-order valence-corrected chi connectivity index (χ4v) is 2.61. The summed E-state index contributed by atoms with van der Waals surface area (Å²) in [7, 11) is 0. The van der Waals surface area contributed by atoms with Crippen molar-refractivity contribution >= 4 is 23.2 Å². The zero-order chi connectivity index (χ0) is 13.9. The maximum Gasteiger partial charge on any atom is 0.160 e. The minimum atomic E-state index is 0.347. The van der Waals surface area contributed by atoms with Crippen molar-refractivity contribution in [3.8, 4) is 22.3 Å². The van der Waals surface area contributed by atoms with E-state index in [4.69, 9.17) is 23.2 Å². The largest absolute Gasteiger partial charge is 0.160 e. The van der Waals surface area contributed by atoms with E-state index in [1.807, 2.05) is 60.7 Å². The summed E-state index contributed by atoms with van der Waals surface area (Å²) in [6.45, 7) is 0. The molecule has 4 heteroatoms. The smallest absolute Gasteiger partial charge is 0.136 e. The first-order valence-corrected chi connectivity index (χ1v) is 6.85. The Bertz CT molecular complexity index is 664. The second-order valence-corrected chi connectivity index (χ2v) is 4.98. The monoisotopic (exact) mass is 300 g/mol. The average Bonchev–Trinajstić information content (AvgIpc) is 2.51. The maximum atomic E-state index is 6.25. The molecule has 20 heavy (non-hydrogen) atoms. The number of halogens is 2. The third kappa shape index (κ3) is 2.40. The topological polar surface area (TPSA) is 25.8 Å². The molecule has 0 unspecified atom stereocenters. The van der Waals surface area contributed by atoms with Crippen LogP contribution in [0.4, 0.5) is 0 Å². The number of aromatic nitrogens is 2. The van der Waals surface area contributed by atoms with E-state index < -0.39 is 0 Å². The number of rotatable bonds is 2. The molecule has 0 aliphatic carbocycles. The van der Waals surface area contributed by atoms with Gasteiger partial charge in [0.05, 0.1) is 0 Å². The van der Waals surface area contributed by atoms with Crippen LogP contribution in [0.15, 0.2) is 60.7 Å². The van der Waals surface area contributed by atoms with E-state index in [9.17, 15) is 0 Å². The highest BCUT2D eigenvalue weighted by Crippen LogP contribution is 2.39. The van der Waals surface area contributed by atoms with Crippen molar-refractivity contribution in [3.05, 3.63) is 71.0 Å². The zero-order valence-electron chi connectivity index (χ0n) is 10.4. The first kappa shape index (κ1) is 13.1. The Labute approximate surface area is 127 Å². The van der Waals surface area contributed by atoms with Crippen LogP contribution in [0.1, 0.15) is 0 Å². The highest BCUT2D eigenvalue weighted by Gasteiger charge is 2.17. The van der Waals surface area contributed by atoms with Crippen molar-refractivity contribution in [2.24, 2.45) is 0 Å². The lowest BCUT2D eigenvalue weighted by Crippen LogP contribution is -1.94. The molecule has 0 spiro atoms. The van der Waals surface area contributed by atoms with Gasteiger partial charge in [0.15, 0.2) is 10.3 Å². The molecule has 2 nitrogen and oxygen atoms in total. The normalized spacial score (nSPS) is 10.5. The van der Waals surface area contributed by atoms with Gasteiger partial charge in [-0.05, 0) is 11.1 Å². The van der Waals surface area contributed by atoms with E-state index in [1.54, 1.807) is 0 Å². The molecule has 0 radical (unpaired) electrons. The second-order valence-electron chi connectivity index (χ2n) is 4.26. The van der Waals surface area contributed by atoms with E-state index in [0.29, 0.717) is 10.3 Å². The summed E-state index contributed by atoms with van der Waals surface area (Å²) in [5.41, 5.74) is 3.54. The molecule has 98 valence electrons. The standard InChI is InChI=1S/C16H10Cl2N2/c17-15-13(11-7-3-1-4-8-11)14(16(18)20-19-15)12-9-5-2-6-10-12/h1-10H. The van der Waals surface area contributed by atoms with Crippen LogP contribution in [0, 0.1) is 0 Å². The van der Waals surface area contributed by atoms with Crippen LogP contribution in [-0.2, 0) is 0 Å². The third-order valence-corrected chi connectivity index (χ3v) is 3.54. The van der Waals surface area contributed by atoms with Crippen LogP contribution < -0.4 is 0 Å². The van der Waals surface area contributed by atoms with Crippen LogP contribution >= 0.6 is 23.2 Å². The van der Waals surface area contributed by atoms with Gasteiger partial charge >= 0.3 is 0 Å². The van der Waals surface area contributed by atoms with E-state index >= 15 is 0 Å². The minimum Gasteiger partial charge on any atom is -0.136 e. The number of benzene rings is 2. The lowest BCUT2D eigenvalue weighted by Gasteiger charge is -2.12. The lowest BCUT2D eigenvalue weighted by molar-refractivity contribution is 1.04. The molecule has 0 bridgehead atoms. The predicted molar refractivity (Wildman–Crippen MR) is 82.9 cm³/mol. The summed E-state index contributed by atoms with van der Waals surface area (Å²) >= 11 is 12.5. The highest BCUT2D eigenvalue weighted by atomic mass is 35.5. The minimum absolute atomic E-state index is 0.347. The van der Waals surface area contributed by atoms with Gasteiger partial charge < -0.3 is 0 Å². The second kappa shape index (κ2) is 5.61. The summed E-state index contributed by atoms with van der Waals surface area (Å²) < 4.78 is 0. The molecule has 0 amide bonds. The van der Waals surface area contributed by atoms with Crippen molar-refractivity contribution < 1.29 is 0 Å². The molecule has 1 aromatic heterocycles. The molecule has 0 aliphatic heterocycles. The van der Waals surface area contributed by atoms with Gasteiger partial charge in [0.2, 0.25) is 0 Å². The van der Waals surface area contributed by atoms with E-state index in [2.05, 4.69) is 10.2 Å². The molecule has 0 saturated carbocycles. The Kier molecular flexibility index (Phi) is 3.68. The fourth-order valence-electron chi connectivity index (χ4n) is 2.13. The molecule has 3 rings (SSSR count). The summed E-state index contributed by atoms with van der Waals surface area (Å²) in [5, 5.41) is 8.54. The Morgan fingerprint density at radius 3 is 1.25 bits per heavy atom. The van der Waals surface area contributed by atoms with Gasteiger partial charge in [-0.2, -0.15) is 0 Å². The summed E-state index contributed by atoms with van der Waals surface area (Å²) in [4.78, 5) is 0. The van der Waals surface area contributed by atoms with Crippen LogP contribution in [-0.4, -0.2) is 10.2 Å². The number of nitrogens with zero attached hydrogens (tertiary/aromatic N) is 2. The van der Waals surface area contributed by atoms with Crippen molar-refractivity contribution in [2.45, 2.75) is 0 Å². The van der Waals surface area contributed by atoms with Gasteiger partial charge in [0.25, 0.3) is 0 Å². The molecule has 1 heterocycles. The van der Waals surface area contributed by atoms with Gasteiger partial charge in [-0.3, -0.25) is 0 Å². The SMILES string of the molecule is Clc1nnc(Cl)c(-c2ccccc2)c1-c1ccccc1. The first-order chi connectivity index (χ1) is 9.77. The van der Waals surface area contributed by atoms with Gasteiger partial charge in [0.1, 0.15) is 0 Å². The van der Waals surface area contributed by atoms with Crippen molar-refractivity contribution in [1.29, 1.82) is 0 Å². The van der Waals surface area contributed by atoms with Crippen molar-refractivity contribution in [3.63, 3.8) is 0 Å². The first-order valence-electron chi connectivity index (χ1n) is 6.10. The van der Waals surface area contributed by atoms with E-state index in [0.717, 1.165) is 22.3 Å². The molecule has 0 fully saturated rings. The molecule has 0 atom stereocenters. The highest BCUT2D eigenvalue weighted by molar-refractivity contribution is 6.36. The molecular weight excluding hydrogens is 291 g/mol. The molecular formula is C16H10Cl2N2. The Morgan fingerprint density at radius 1 is 0.550 bits per heavy atom. The molecule has 0 saturated heterocycles.